The summed E-state index contributed by atoms with van der Waals surface area (Å²) in [5.74, 6) is 5.77. The van der Waals surface area contributed by atoms with Gasteiger partial charge in [-0.15, -0.1) is 5.69 Å². The number of nitrogens with zero attached hydrogens (tertiary/aromatic N) is 1. The summed E-state index contributed by atoms with van der Waals surface area (Å²) in [6.07, 6.45) is 0. The number of hydrogen-bond acceptors (Lipinski definition) is 0. The fourth-order valence-corrected chi connectivity index (χ4v) is 5.30. The van der Waals surface area contributed by atoms with Crippen LogP contribution in [0.15, 0.2) is 18.2 Å². The molecule has 0 spiro atoms. The van der Waals surface area contributed by atoms with Crippen LogP contribution in [0.5, 0.6) is 0 Å². The Labute approximate surface area is 200 Å². The summed E-state index contributed by atoms with van der Waals surface area (Å²) < 4.78 is 19.6. The third-order valence-electron chi connectivity index (χ3n) is 6.94. The van der Waals surface area contributed by atoms with Crippen LogP contribution in [0.1, 0.15) is 85.3 Å². The van der Waals surface area contributed by atoms with E-state index in [4.69, 9.17) is 4.98 Å². The summed E-state index contributed by atoms with van der Waals surface area (Å²) in [6.45, 7) is 27.9. The van der Waals surface area contributed by atoms with Crippen molar-refractivity contribution >= 4 is 13.9 Å². The maximum absolute atomic E-state index is 9.80. The average Bonchev–Trinajstić information content (AvgIpc) is 2.79. The van der Waals surface area contributed by atoms with Crippen LogP contribution in [0, 0.1) is 29.6 Å². The van der Waals surface area contributed by atoms with E-state index in [-0.39, 0.29) is 0 Å². The summed E-state index contributed by atoms with van der Waals surface area (Å²) in [7, 11) is -1.43. The van der Waals surface area contributed by atoms with E-state index in [1.54, 1.807) is 0 Å². The first kappa shape index (κ1) is 30.0. The topological polar surface area (TPSA) is 14.1 Å². The molecule has 0 radical (unpaired) electrons. The van der Waals surface area contributed by atoms with E-state index in [0.717, 1.165) is 29.6 Å². The molecule has 0 aromatic heterocycles. The standard InChI is InChI=1S/C15H26NSi.C10H20.2FH.Zr/c1-11(2)13-9-8-10-14(12(3)4)15(13)16-17(5,6)7;1-6-7(2)9(4)10(5)8(6)3;;;/h8-12H,1-7H3;6-10H,1-5H3;2*1H;/q-1;;;;+4/p-2. The zero-order chi connectivity index (χ0) is 23.8. The molecule has 1 aromatic rings. The molecule has 0 aliphatic heterocycles. The van der Waals surface area contributed by atoms with E-state index in [9.17, 15) is 5.25 Å². The van der Waals surface area contributed by atoms with E-state index >= 15 is 0 Å². The Balaban J connectivity index is 0.000000546. The quantitative estimate of drug-likeness (QED) is 0.353. The molecule has 1 aromatic carbocycles. The van der Waals surface area contributed by atoms with Gasteiger partial charge in [-0.25, -0.2) is 0 Å². The number of benzene rings is 1. The van der Waals surface area contributed by atoms with Crippen LogP contribution < -0.4 is 0 Å². The van der Waals surface area contributed by atoms with Gasteiger partial charge < -0.3 is 4.98 Å². The third kappa shape index (κ3) is 9.23. The molecule has 0 amide bonds. The van der Waals surface area contributed by atoms with Crippen LogP contribution >= 0.6 is 0 Å². The predicted octanol–water partition coefficient (Wildman–Crippen LogP) is 9.79. The molecule has 0 N–H and O–H groups in total. The second-order valence-corrected chi connectivity index (χ2v) is 15.7. The molecule has 1 fully saturated rings. The number of rotatable bonds is 4. The van der Waals surface area contributed by atoms with Gasteiger partial charge >= 0.3 is 29.7 Å². The zero-order valence-corrected chi connectivity index (χ0v) is 24.9. The van der Waals surface area contributed by atoms with Crippen molar-refractivity contribution in [2.75, 3.05) is 0 Å². The Morgan fingerprint density at radius 1 is 0.733 bits per heavy atom. The summed E-state index contributed by atoms with van der Waals surface area (Å²) >= 11 is -2.77. The SMILES string of the molecule is CC(C)c1cccc(C(C)C)c1[N-][Si](C)(C)C.CC1C(C)C(C)C(C)C1C.[F][Zr+2][F]. The van der Waals surface area contributed by atoms with Crippen LogP contribution in [-0.2, 0) is 24.5 Å². The molecule has 1 saturated carbocycles. The van der Waals surface area contributed by atoms with E-state index in [0.29, 0.717) is 11.8 Å². The fourth-order valence-electron chi connectivity index (χ4n) is 4.37. The van der Waals surface area contributed by atoms with Crippen molar-refractivity contribution in [1.29, 1.82) is 0 Å². The van der Waals surface area contributed by atoms with Crippen LogP contribution in [0.4, 0.5) is 10.9 Å². The van der Waals surface area contributed by atoms with Gasteiger partial charge in [0.05, 0.1) is 0 Å². The normalized spacial score (nSPS) is 25.8. The van der Waals surface area contributed by atoms with E-state index in [1.165, 1.54) is 16.8 Å². The van der Waals surface area contributed by atoms with Crippen molar-refractivity contribution < 1.29 is 29.7 Å². The molecule has 1 aliphatic rings. The first-order chi connectivity index (χ1) is 13.7. The molecule has 172 valence electrons. The van der Waals surface area contributed by atoms with Gasteiger partial charge in [0, 0.05) is 0 Å². The van der Waals surface area contributed by atoms with E-state index in [2.05, 4.69) is 100 Å². The molecule has 0 saturated heterocycles. The monoisotopic (exact) mass is 516 g/mol. The molecule has 1 nitrogen and oxygen atoms in total. The zero-order valence-electron chi connectivity index (χ0n) is 21.5. The van der Waals surface area contributed by atoms with E-state index in [1.807, 2.05) is 0 Å². The molecule has 5 heteroatoms. The van der Waals surface area contributed by atoms with Crippen LogP contribution in [0.2, 0.25) is 19.6 Å². The van der Waals surface area contributed by atoms with Crippen molar-refractivity contribution in [3.8, 4) is 0 Å². The average molecular weight is 518 g/mol. The van der Waals surface area contributed by atoms with Gasteiger partial charge in [0.1, 0.15) is 0 Å². The minimum atomic E-state index is -2.77. The molecule has 30 heavy (non-hydrogen) atoms. The first-order valence-corrected chi connectivity index (χ1v) is 16.8. The van der Waals surface area contributed by atoms with Gasteiger partial charge in [0.2, 0.25) is 0 Å². The molecule has 0 unspecified atom stereocenters. The second-order valence-electron chi connectivity index (χ2n) is 10.7. The summed E-state index contributed by atoms with van der Waals surface area (Å²) in [5.41, 5.74) is 4.08. The van der Waals surface area contributed by atoms with Crippen molar-refractivity contribution in [2.24, 2.45) is 29.6 Å². The Morgan fingerprint density at radius 2 is 1.00 bits per heavy atom. The van der Waals surface area contributed by atoms with Crippen molar-refractivity contribution in [3.05, 3.63) is 34.3 Å². The second kappa shape index (κ2) is 13.5. The molecule has 2 rings (SSSR count). The van der Waals surface area contributed by atoms with Crippen molar-refractivity contribution in [3.63, 3.8) is 0 Å². The number of hydrogen-bond donors (Lipinski definition) is 0. The van der Waals surface area contributed by atoms with Gasteiger partial charge in [0.25, 0.3) is 0 Å². The van der Waals surface area contributed by atoms with Gasteiger partial charge in [-0.05, 0) is 49.7 Å². The van der Waals surface area contributed by atoms with Crippen molar-refractivity contribution in [1.82, 2.24) is 0 Å². The van der Waals surface area contributed by atoms with Gasteiger partial charge in [-0.3, -0.25) is 0 Å². The Bertz CT molecular complexity index is 545. The van der Waals surface area contributed by atoms with Crippen molar-refractivity contribution in [2.45, 2.75) is 93.8 Å². The van der Waals surface area contributed by atoms with Crippen LogP contribution in [-0.4, -0.2) is 8.24 Å². The molecule has 0 bridgehead atoms. The van der Waals surface area contributed by atoms with Crippen LogP contribution in [0.25, 0.3) is 4.98 Å². The van der Waals surface area contributed by atoms with Crippen LogP contribution in [0.3, 0.4) is 0 Å². The molecule has 0 atom stereocenters. The summed E-state index contributed by atoms with van der Waals surface area (Å²) in [4.78, 5) is 5.07. The van der Waals surface area contributed by atoms with E-state index < -0.39 is 32.7 Å². The Hall–Kier alpha value is -0.0200. The summed E-state index contributed by atoms with van der Waals surface area (Å²) in [5, 5.41) is 0. The molecular formula is C25H46F2NSiZr+. The summed E-state index contributed by atoms with van der Waals surface area (Å²) in [6, 6.07) is 6.64. The third-order valence-corrected chi connectivity index (χ3v) is 7.83. The number of halogens is 2. The first-order valence-electron chi connectivity index (χ1n) is 11.5. The maximum atomic E-state index is 9.80. The fraction of sp³-hybridized carbons (Fsp3) is 0.760. The Kier molecular flexibility index (Phi) is 13.5. The predicted molar refractivity (Wildman–Crippen MR) is 129 cm³/mol. The van der Waals surface area contributed by atoms with Gasteiger partial charge in [0.15, 0.2) is 0 Å². The minimum absolute atomic E-state index is 0.545. The molecule has 1 aliphatic carbocycles. The molecule has 0 heterocycles. The Morgan fingerprint density at radius 3 is 1.20 bits per heavy atom. The van der Waals surface area contributed by atoms with Gasteiger partial charge in [-0.2, -0.15) is 0 Å². The van der Waals surface area contributed by atoms with Gasteiger partial charge in [-0.1, -0.05) is 111 Å². The molecular weight excluding hydrogens is 472 g/mol.